The van der Waals surface area contributed by atoms with Gasteiger partial charge < -0.3 is 14.8 Å². The topological polar surface area (TPSA) is 84.9 Å². The molecule has 120 valence electrons. The Labute approximate surface area is 128 Å². The Hall–Kier alpha value is -1.44. The second-order valence-electron chi connectivity index (χ2n) is 5.56. The molecule has 0 aromatic rings. The van der Waals surface area contributed by atoms with Crippen molar-refractivity contribution < 1.29 is 23.9 Å². The van der Waals surface area contributed by atoms with Gasteiger partial charge in [-0.2, -0.15) is 11.8 Å². The lowest BCUT2D eigenvalue weighted by Crippen LogP contribution is -2.55. The summed E-state index contributed by atoms with van der Waals surface area (Å²) < 4.78 is 9.77. The number of thioether (sulfide) groups is 1. The zero-order chi connectivity index (χ0) is 16.0. The molecule has 1 atom stereocenters. The maximum atomic E-state index is 12.1. The highest BCUT2D eigenvalue weighted by Gasteiger charge is 2.35. The first-order valence-corrected chi connectivity index (χ1v) is 7.82. The first kappa shape index (κ1) is 17.6. The van der Waals surface area contributed by atoms with E-state index in [1.807, 2.05) is 0 Å². The van der Waals surface area contributed by atoms with Crippen LogP contribution in [0.1, 0.15) is 20.8 Å². The average Bonchev–Trinajstić information content (AvgIpc) is 2.42. The number of carbonyl (C=O) groups excluding carboxylic acids is 3. The van der Waals surface area contributed by atoms with Gasteiger partial charge in [0, 0.05) is 18.1 Å². The lowest BCUT2D eigenvalue weighted by atomic mass is 10.2. The smallest absolute Gasteiger partial charge is 0.411 e. The SMILES string of the molecule is COC(=O)CNC(=O)[C@H]1CSCCN1C(=O)OC(C)(C)C. The molecule has 0 spiro atoms. The van der Waals surface area contributed by atoms with Crippen molar-refractivity contribution in [2.24, 2.45) is 0 Å². The van der Waals surface area contributed by atoms with Crippen LogP contribution >= 0.6 is 11.8 Å². The van der Waals surface area contributed by atoms with E-state index in [-0.39, 0.29) is 12.5 Å². The third kappa shape index (κ3) is 5.82. The molecule has 1 aliphatic rings. The highest BCUT2D eigenvalue weighted by Crippen LogP contribution is 2.20. The molecule has 7 nitrogen and oxygen atoms in total. The van der Waals surface area contributed by atoms with Gasteiger partial charge in [0.25, 0.3) is 0 Å². The molecule has 0 aromatic carbocycles. The second-order valence-corrected chi connectivity index (χ2v) is 6.71. The van der Waals surface area contributed by atoms with E-state index in [4.69, 9.17) is 4.74 Å². The van der Waals surface area contributed by atoms with Crippen molar-refractivity contribution in [3.8, 4) is 0 Å². The third-order valence-electron chi connectivity index (χ3n) is 2.69. The number of ether oxygens (including phenoxy) is 2. The normalized spacial score (nSPS) is 18.9. The maximum absolute atomic E-state index is 12.1. The first-order valence-electron chi connectivity index (χ1n) is 6.66. The Kier molecular flexibility index (Phi) is 6.32. The van der Waals surface area contributed by atoms with E-state index in [2.05, 4.69) is 10.1 Å². The molecule has 1 heterocycles. The van der Waals surface area contributed by atoms with Gasteiger partial charge in [0.15, 0.2) is 0 Å². The molecule has 0 unspecified atom stereocenters. The molecule has 0 radical (unpaired) electrons. The summed E-state index contributed by atoms with van der Waals surface area (Å²) in [4.78, 5) is 36.7. The number of nitrogens with one attached hydrogen (secondary N) is 1. The molecular formula is C13H22N2O5S. The van der Waals surface area contributed by atoms with Crippen LogP contribution in [0.5, 0.6) is 0 Å². The number of hydrogen-bond donors (Lipinski definition) is 1. The van der Waals surface area contributed by atoms with Gasteiger partial charge in [-0.3, -0.25) is 14.5 Å². The molecule has 2 amide bonds. The van der Waals surface area contributed by atoms with E-state index in [0.717, 1.165) is 5.75 Å². The molecule has 1 saturated heterocycles. The second kappa shape index (κ2) is 7.53. The largest absolute Gasteiger partial charge is 0.468 e. The van der Waals surface area contributed by atoms with Gasteiger partial charge >= 0.3 is 12.1 Å². The van der Waals surface area contributed by atoms with Crippen LogP contribution in [0.25, 0.3) is 0 Å². The summed E-state index contributed by atoms with van der Waals surface area (Å²) in [6.07, 6.45) is -0.513. The van der Waals surface area contributed by atoms with Crippen molar-refractivity contribution in [2.45, 2.75) is 32.4 Å². The van der Waals surface area contributed by atoms with Gasteiger partial charge in [-0.1, -0.05) is 0 Å². The zero-order valence-corrected chi connectivity index (χ0v) is 13.6. The molecule has 1 N–H and O–H groups in total. The molecule has 0 aromatic heterocycles. The third-order valence-corrected chi connectivity index (χ3v) is 3.72. The van der Waals surface area contributed by atoms with E-state index < -0.39 is 23.7 Å². The zero-order valence-electron chi connectivity index (χ0n) is 12.8. The molecule has 1 fully saturated rings. The van der Waals surface area contributed by atoms with Crippen LogP contribution in [0, 0.1) is 0 Å². The summed E-state index contributed by atoms with van der Waals surface area (Å²) in [7, 11) is 1.25. The van der Waals surface area contributed by atoms with Gasteiger partial charge in [0.2, 0.25) is 5.91 Å². The van der Waals surface area contributed by atoms with E-state index in [1.54, 1.807) is 32.5 Å². The lowest BCUT2D eigenvalue weighted by Gasteiger charge is -2.35. The predicted molar refractivity (Wildman–Crippen MR) is 79.1 cm³/mol. The highest BCUT2D eigenvalue weighted by atomic mass is 32.2. The highest BCUT2D eigenvalue weighted by molar-refractivity contribution is 7.99. The Morgan fingerprint density at radius 3 is 2.57 bits per heavy atom. The number of nitrogens with zero attached hydrogens (tertiary/aromatic N) is 1. The summed E-state index contributed by atoms with van der Waals surface area (Å²) in [5.41, 5.74) is -0.616. The number of amides is 2. The van der Waals surface area contributed by atoms with Crippen molar-refractivity contribution >= 4 is 29.7 Å². The van der Waals surface area contributed by atoms with Gasteiger partial charge in [-0.15, -0.1) is 0 Å². The van der Waals surface area contributed by atoms with Gasteiger partial charge in [-0.05, 0) is 20.8 Å². The molecule has 1 rings (SSSR count). The quantitative estimate of drug-likeness (QED) is 0.768. The van der Waals surface area contributed by atoms with Gasteiger partial charge in [-0.25, -0.2) is 4.79 Å². The number of methoxy groups -OCH3 is 1. The average molecular weight is 318 g/mol. The minimum atomic E-state index is -0.636. The molecule has 0 bridgehead atoms. The minimum absolute atomic E-state index is 0.210. The van der Waals surface area contributed by atoms with Crippen molar-refractivity contribution in [2.75, 3.05) is 31.7 Å². The Morgan fingerprint density at radius 2 is 2.00 bits per heavy atom. The van der Waals surface area contributed by atoms with Crippen molar-refractivity contribution in [3.05, 3.63) is 0 Å². The van der Waals surface area contributed by atoms with Crippen LogP contribution in [0.3, 0.4) is 0 Å². The summed E-state index contributed by atoms with van der Waals surface area (Å²) in [6, 6.07) is -0.636. The van der Waals surface area contributed by atoms with E-state index in [1.165, 1.54) is 12.0 Å². The van der Waals surface area contributed by atoms with Crippen LogP contribution in [0.2, 0.25) is 0 Å². The number of esters is 1. The Balaban J connectivity index is 2.66. The minimum Gasteiger partial charge on any atom is -0.468 e. The summed E-state index contributed by atoms with van der Waals surface area (Å²) >= 11 is 1.58. The fourth-order valence-corrected chi connectivity index (χ4v) is 2.76. The molecule has 0 aliphatic carbocycles. The van der Waals surface area contributed by atoms with Crippen LogP contribution in [0.15, 0.2) is 0 Å². The molecule has 21 heavy (non-hydrogen) atoms. The lowest BCUT2D eigenvalue weighted by molar-refractivity contribution is -0.141. The molecule has 0 saturated carbocycles. The molecule has 1 aliphatic heterocycles. The maximum Gasteiger partial charge on any atom is 0.411 e. The van der Waals surface area contributed by atoms with Crippen LogP contribution < -0.4 is 5.32 Å². The van der Waals surface area contributed by atoms with Crippen molar-refractivity contribution in [3.63, 3.8) is 0 Å². The standard InChI is InChI=1S/C13H22N2O5S/c1-13(2,3)20-12(18)15-5-6-21-8-9(15)11(17)14-7-10(16)19-4/h9H,5-8H2,1-4H3,(H,14,17)/t9-/m1/s1. The number of carbonyl (C=O) groups is 3. The molecule has 8 heteroatoms. The van der Waals surface area contributed by atoms with Crippen LogP contribution in [0.4, 0.5) is 4.79 Å². The fourth-order valence-electron chi connectivity index (χ4n) is 1.71. The summed E-state index contributed by atoms with van der Waals surface area (Å²) in [5.74, 6) is 0.320. The number of rotatable bonds is 3. The fraction of sp³-hybridized carbons (Fsp3) is 0.769. The first-order chi connectivity index (χ1) is 9.74. The van der Waals surface area contributed by atoms with E-state index in [9.17, 15) is 14.4 Å². The Bertz CT molecular complexity index is 408. The number of hydrogen-bond acceptors (Lipinski definition) is 6. The van der Waals surface area contributed by atoms with Crippen molar-refractivity contribution in [1.29, 1.82) is 0 Å². The van der Waals surface area contributed by atoms with Gasteiger partial charge in [0.05, 0.1) is 7.11 Å². The molecular weight excluding hydrogens is 296 g/mol. The predicted octanol–water partition coefficient (Wildman–Crippen LogP) is 0.628. The Morgan fingerprint density at radius 1 is 1.33 bits per heavy atom. The summed E-state index contributed by atoms with van der Waals surface area (Å²) in [6.45, 7) is 5.55. The van der Waals surface area contributed by atoms with Gasteiger partial charge in [0.1, 0.15) is 18.2 Å². The van der Waals surface area contributed by atoms with Crippen LogP contribution in [-0.4, -0.2) is 66.2 Å². The van der Waals surface area contributed by atoms with Crippen LogP contribution in [-0.2, 0) is 19.1 Å². The summed E-state index contributed by atoms with van der Waals surface area (Å²) in [5, 5.41) is 2.47. The van der Waals surface area contributed by atoms with E-state index >= 15 is 0 Å². The monoisotopic (exact) mass is 318 g/mol. The van der Waals surface area contributed by atoms with Crippen molar-refractivity contribution in [1.82, 2.24) is 10.2 Å². The van der Waals surface area contributed by atoms with E-state index in [0.29, 0.717) is 12.3 Å².